The van der Waals surface area contributed by atoms with Gasteiger partial charge in [0.25, 0.3) is 5.56 Å². The molecule has 1 fully saturated rings. The molecule has 0 spiro atoms. The maximum absolute atomic E-state index is 13.1. The summed E-state index contributed by atoms with van der Waals surface area (Å²) in [6.45, 7) is 8.10. The van der Waals surface area contributed by atoms with E-state index in [0.29, 0.717) is 28.4 Å². The Morgan fingerprint density at radius 2 is 1.96 bits per heavy atom. The van der Waals surface area contributed by atoms with Gasteiger partial charge in [0, 0.05) is 19.4 Å². The van der Waals surface area contributed by atoms with Crippen LogP contribution < -0.4 is 10.5 Å². The van der Waals surface area contributed by atoms with Crippen LogP contribution in [0, 0.1) is 10.7 Å². The van der Waals surface area contributed by atoms with Gasteiger partial charge in [0.2, 0.25) is 10.5 Å². The molecule has 0 unspecified atom stereocenters. The highest BCUT2D eigenvalue weighted by Crippen LogP contribution is 2.15. The van der Waals surface area contributed by atoms with Crippen LogP contribution in [0.4, 0.5) is 0 Å². The summed E-state index contributed by atoms with van der Waals surface area (Å²) in [5, 5.41) is 5.48. The predicted molar refractivity (Wildman–Crippen MR) is 105 cm³/mol. The van der Waals surface area contributed by atoms with Crippen LogP contribution in [0.3, 0.4) is 0 Å². The second-order valence-corrected chi connectivity index (χ2v) is 8.05. The Morgan fingerprint density at radius 3 is 2.69 bits per heavy atom. The van der Waals surface area contributed by atoms with Crippen molar-refractivity contribution in [3.05, 3.63) is 39.4 Å². The number of para-hydroxylation sites is 1. The minimum absolute atomic E-state index is 0.0226. The largest absolute Gasteiger partial charge is 0.316 e. The molecule has 1 aliphatic rings. The maximum atomic E-state index is 13.1. The number of hydrogen-bond donors (Lipinski definition) is 1. The number of likely N-dealkylation sites (tertiary alicyclic amines) is 1. The average Bonchev–Trinajstić information content (AvgIpc) is 3.24. The quantitative estimate of drug-likeness (QED) is 0.696. The second kappa shape index (κ2) is 6.96. The van der Waals surface area contributed by atoms with Crippen molar-refractivity contribution in [1.29, 1.82) is 0 Å². The van der Waals surface area contributed by atoms with E-state index in [1.54, 1.807) is 4.57 Å². The summed E-state index contributed by atoms with van der Waals surface area (Å²) in [4.78, 5) is 14.6. The van der Waals surface area contributed by atoms with Gasteiger partial charge in [0.15, 0.2) is 6.67 Å². The van der Waals surface area contributed by atoms with Crippen molar-refractivity contribution in [3.8, 4) is 0 Å². The summed E-state index contributed by atoms with van der Waals surface area (Å²) in [5.74, 6) is 1.19. The Balaban J connectivity index is 1.94. The highest BCUT2D eigenvalue weighted by molar-refractivity contribution is 7.71. The molecule has 7 heteroatoms. The molecule has 2 aromatic heterocycles. The van der Waals surface area contributed by atoms with Crippen molar-refractivity contribution < 1.29 is 4.90 Å². The van der Waals surface area contributed by atoms with Crippen LogP contribution in [-0.2, 0) is 13.2 Å². The molecule has 1 aliphatic heterocycles. The topological polar surface area (TPSA) is 48.7 Å². The van der Waals surface area contributed by atoms with Crippen LogP contribution in [0.1, 0.15) is 33.1 Å². The van der Waals surface area contributed by atoms with Gasteiger partial charge in [-0.05, 0) is 36.7 Å². The lowest BCUT2D eigenvalue weighted by Crippen LogP contribution is -3.09. The van der Waals surface area contributed by atoms with E-state index < -0.39 is 0 Å². The summed E-state index contributed by atoms with van der Waals surface area (Å²) in [5.41, 5.74) is 0.871. The minimum Gasteiger partial charge on any atom is -0.316 e. The molecule has 0 radical (unpaired) electrons. The average molecular weight is 373 g/mol. The van der Waals surface area contributed by atoms with Crippen LogP contribution in [0.25, 0.3) is 16.7 Å². The van der Waals surface area contributed by atoms with E-state index in [9.17, 15) is 4.79 Å². The lowest BCUT2D eigenvalue weighted by Gasteiger charge is -2.11. The molecule has 3 aromatic rings. The molecular weight excluding hydrogens is 346 g/mol. The van der Waals surface area contributed by atoms with E-state index in [1.165, 1.54) is 17.7 Å². The predicted octanol–water partition coefficient (Wildman–Crippen LogP) is 1.86. The minimum atomic E-state index is 0.0226. The van der Waals surface area contributed by atoms with E-state index in [2.05, 4.69) is 13.8 Å². The van der Waals surface area contributed by atoms with Gasteiger partial charge in [-0.2, -0.15) is 4.68 Å². The summed E-state index contributed by atoms with van der Waals surface area (Å²) >= 11 is 5.76. The van der Waals surface area contributed by atoms with Crippen molar-refractivity contribution in [1.82, 2.24) is 18.7 Å². The van der Waals surface area contributed by atoms with Crippen molar-refractivity contribution in [2.75, 3.05) is 13.1 Å². The Bertz CT molecular complexity index is 1060. The zero-order chi connectivity index (χ0) is 18.3. The second-order valence-electron chi connectivity index (χ2n) is 7.69. The van der Waals surface area contributed by atoms with Gasteiger partial charge in [0.1, 0.15) is 0 Å². The number of fused-ring (bicyclic) bond motifs is 3. The molecule has 0 saturated carbocycles. The number of quaternary nitrogens is 1. The summed E-state index contributed by atoms with van der Waals surface area (Å²) in [6.07, 6.45) is 3.46. The normalized spacial score (nSPS) is 15.7. The van der Waals surface area contributed by atoms with Gasteiger partial charge in [-0.1, -0.05) is 26.0 Å². The van der Waals surface area contributed by atoms with Gasteiger partial charge in [-0.3, -0.25) is 13.8 Å². The van der Waals surface area contributed by atoms with Crippen LogP contribution >= 0.6 is 12.2 Å². The molecule has 3 heterocycles. The Labute approximate surface area is 157 Å². The fourth-order valence-electron chi connectivity index (χ4n) is 3.80. The van der Waals surface area contributed by atoms with Crippen molar-refractivity contribution >= 4 is 28.9 Å². The monoisotopic (exact) mass is 372 g/mol. The van der Waals surface area contributed by atoms with Crippen molar-refractivity contribution in [2.24, 2.45) is 5.92 Å². The Morgan fingerprint density at radius 1 is 1.23 bits per heavy atom. The first-order valence-electron chi connectivity index (χ1n) is 9.51. The van der Waals surface area contributed by atoms with E-state index >= 15 is 0 Å². The molecule has 1 saturated heterocycles. The lowest BCUT2D eigenvalue weighted by molar-refractivity contribution is -0.911. The standard InChI is InChI=1S/C19H25N5OS/c1-14(2)9-12-22-17(25)15-7-3-4-8-16(15)24-18(22)20-23(19(24)26)13-21-10-5-6-11-21/h3-4,7-8,14H,5-6,9-13H2,1-2H3/p+1. The summed E-state index contributed by atoms with van der Waals surface area (Å²) < 4.78 is 6.35. The van der Waals surface area contributed by atoms with E-state index in [4.69, 9.17) is 17.3 Å². The first-order valence-corrected chi connectivity index (χ1v) is 9.92. The molecule has 0 aliphatic carbocycles. The third-order valence-corrected chi connectivity index (χ3v) is 5.69. The van der Waals surface area contributed by atoms with Crippen molar-refractivity contribution in [3.63, 3.8) is 0 Å². The smallest absolute Gasteiger partial charge is 0.262 e. The molecule has 4 rings (SSSR count). The zero-order valence-corrected chi connectivity index (χ0v) is 16.3. The molecule has 0 amide bonds. The number of aryl methyl sites for hydroxylation is 1. The molecule has 0 bridgehead atoms. The fraction of sp³-hybridized carbons (Fsp3) is 0.526. The molecule has 138 valence electrons. The third-order valence-electron chi connectivity index (χ3n) is 5.30. The molecule has 26 heavy (non-hydrogen) atoms. The summed E-state index contributed by atoms with van der Waals surface area (Å²) in [7, 11) is 0. The molecule has 1 aromatic carbocycles. The van der Waals surface area contributed by atoms with Crippen LogP contribution in [0.2, 0.25) is 0 Å². The van der Waals surface area contributed by atoms with Gasteiger partial charge < -0.3 is 4.90 Å². The van der Waals surface area contributed by atoms with Gasteiger partial charge in [-0.25, -0.2) is 0 Å². The summed E-state index contributed by atoms with van der Waals surface area (Å²) in [6, 6.07) is 7.70. The number of hydrogen-bond acceptors (Lipinski definition) is 3. The number of rotatable bonds is 5. The number of benzene rings is 1. The molecule has 6 nitrogen and oxygen atoms in total. The number of aromatic nitrogens is 4. The van der Waals surface area contributed by atoms with Gasteiger partial charge in [-0.15, -0.1) is 5.10 Å². The number of nitrogens with one attached hydrogen (secondary N) is 1. The molecule has 0 atom stereocenters. The van der Waals surface area contributed by atoms with E-state index in [1.807, 2.05) is 33.3 Å². The van der Waals surface area contributed by atoms with E-state index in [0.717, 1.165) is 31.7 Å². The first-order chi connectivity index (χ1) is 12.6. The van der Waals surface area contributed by atoms with Gasteiger partial charge in [0.05, 0.1) is 24.0 Å². The highest BCUT2D eigenvalue weighted by atomic mass is 32.1. The van der Waals surface area contributed by atoms with Crippen molar-refractivity contribution in [2.45, 2.75) is 46.3 Å². The molecular formula is C19H26N5OS+. The first kappa shape index (κ1) is 17.4. The third kappa shape index (κ3) is 2.99. The fourth-order valence-corrected chi connectivity index (χ4v) is 4.09. The lowest BCUT2D eigenvalue weighted by atomic mass is 10.1. The maximum Gasteiger partial charge on any atom is 0.262 e. The van der Waals surface area contributed by atoms with Crippen LogP contribution in [-0.4, -0.2) is 31.8 Å². The highest BCUT2D eigenvalue weighted by Gasteiger charge is 2.20. The SMILES string of the molecule is CC(C)CCn1c(=O)c2ccccc2n2c(=S)n(C[NH+]3CCCC3)nc12. The molecule has 1 N–H and O–H groups in total. The Kier molecular flexibility index (Phi) is 4.67. The van der Waals surface area contributed by atoms with Gasteiger partial charge >= 0.3 is 0 Å². The van der Waals surface area contributed by atoms with E-state index in [-0.39, 0.29) is 5.56 Å². The zero-order valence-electron chi connectivity index (χ0n) is 15.4. The van der Waals surface area contributed by atoms with Crippen LogP contribution in [0.5, 0.6) is 0 Å². The van der Waals surface area contributed by atoms with Crippen LogP contribution in [0.15, 0.2) is 29.1 Å². The number of nitrogens with zero attached hydrogens (tertiary/aromatic N) is 4. The Hall–Kier alpha value is -1.99.